The Hall–Kier alpha value is -3.80. The Morgan fingerprint density at radius 1 is 0.857 bits per heavy atom. The Morgan fingerprint density at radius 2 is 1.49 bits per heavy atom. The molecule has 0 atom stereocenters. The van der Waals surface area contributed by atoms with Crippen LogP contribution >= 0.6 is 23.2 Å². The smallest absolute Gasteiger partial charge is 0.165 e. The Labute approximate surface area is 300 Å². The molecule has 6 rings (SSSR count). The summed E-state index contributed by atoms with van der Waals surface area (Å²) in [6.07, 6.45) is 5.50. The normalized spacial score (nSPS) is 18.7. The maximum Gasteiger partial charge on any atom is 0.165 e. The van der Waals surface area contributed by atoms with Crippen LogP contribution in [0, 0.1) is 10.8 Å². The minimum Gasteiger partial charge on any atom is -0.493 e. The second-order valence-electron chi connectivity index (χ2n) is 15.2. The Bertz CT molecular complexity index is 1820. The van der Waals surface area contributed by atoms with E-state index < -0.39 is 5.92 Å². The zero-order valence-electron chi connectivity index (χ0n) is 29.1. The van der Waals surface area contributed by atoms with E-state index in [-0.39, 0.29) is 29.0 Å². The number of rotatable bonds is 10. The molecule has 49 heavy (non-hydrogen) atoms. The van der Waals surface area contributed by atoms with Crippen LogP contribution < -0.4 is 9.47 Å². The first-order valence-electron chi connectivity index (χ1n) is 17.0. The number of allylic oxidation sites excluding steroid dienone is 5. The summed E-state index contributed by atoms with van der Waals surface area (Å²) in [6, 6.07) is 19.8. The summed E-state index contributed by atoms with van der Waals surface area (Å²) in [5.41, 5.74) is 6.91. The van der Waals surface area contributed by atoms with Gasteiger partial charge in [-0.05, 0) is 65.8 Å². The van der Waals surface area contributed by atoms with E-state index in [2.05, 4.69) is 69.5 Å². The molecule has 0 saturated carbocycles. The highest BCUT2D eigenvalue weighted by molar-refractivity contribution is 6.35. The Morgan fingerprint density at radius 3 is 2.06 bits per heavy atom. The molecule has 0 aromatic heterocycles. The zero-order valence-corrected chi connectivity index (χ0v) is 30.6. The molecule has 1 heterocycles. The molecule has 0 bridgehead atoms. The van der Waals surface area contributed by atoms with Crippen LogP contribution in [0.1, 0.15) is 81.5 Å². The van der Waals surface area contributed by atoms with Gasteiger partial charge in [0.05, 0.1) is 7.11 Å². The van der Waals surface area contributed by atoms with Crippen LogP contribution in [-0.4, -0.2) is 30.1 Å². The van der Waals surface area contributed by atoms with Gasteiger partial charge < -0.3 is 14.4 Å². The molecule has 0 saturated heterocycles. The van der Waals surface area contributed by atoms with Crippen LogP contribution in [0.3, 0.4) is 0 Å². The van der Waals surface area contributed by atoms with E-state index in [1.165, 1.54) is 5.56 Å². The van der Waals surface area contributed by atoms with E-state index in [4.69, 9.17) is 32.7 Å². The molecule has 0 radical (unpaired) electrons. The van der Waals surface area contributed by atoms with Crippen molar-refractivity contribution in [1.82, 2.24) is 4.90 Å². The van der Waals surface area contributed by atoms with E-state index in [9.17, 15) is 9.59 Å². The highest BCUT2D eigenvalue weighted by Crippen LogP contribution is 2.55. The lowest BCUT2D eigenvalue weighted by molar-refractivity contribution is -0.119. The number of hydrogen-bond acceptors (Lipinski definition) is 5. The quantitative estimate of drug-likeness (QED) is 0.197. The predicted octanol–water partition coefficient (Wildman–Crippen LogP) is 10.2. The molecule has 3 aromatic carbocycles. The fraction of sp³-hybridized carbons (Fsp3) is 0.381. The third kappa shape index (κ3) is 7.25. The highest BCUT2D eigenvalue weighted by atomic mass is 35.5. The van der Waals surface area contributed by atoms with Gasteiger partial charge in [-0.3, -0.25) is 9.59 Å². The van der Waals surface area contributed by atoms with Crippen molar-refractivity contribution in [2.45, 2.75) is 78.7 Å². The van der Waals surface area contributed by atoms with Gasteiger partial charge >= 0.3 is 0 Å². The molecule has 3 aliphatic rings. The fourth-order valence-electron chi connectivity index (χ4n) is 7.80. The fourth-order valence-corrected chi connectivity index (χ4v) is 8.26. The molecular formula is C42H45Cl2NO4. The van der Waals surface area contributed by atoms with E-state index in [1.807, 2.05) is 24.3 Å². The number of carbonyl (C=O) groups is 2. The van der Waals surface area contributed by atoms with Gasteiger partial charge in [0, 0.05) is 69.0 Å². The summed E-state index contributed by atoms with van der Waals surface area (Å²) in [5.74, 6) is 0.817. The molecule has 1 aliphatic heterocycles. The van der Waals surface area contributed by atoms with Gasteiger partial charge in [0.2, 0.25) is 0 Å². The van der Waals surface area contributed by atoms with Gasteiger partial charge in [0.15, 0.2) is 23.1 Å². The van der Waals surface area contributed by atoms with Crippen LogP contribution in [0.15, 0.2) is 95.9 Å². The molecule has 5 nitrogen and oxygen atoms in total. The number of ketones is 2. The number of carbonyl (C=O) groups excluding carboxylic acids is 2. The van der Waals surface area contributed by atoms with Crippen LogP contribution in [-0.2, 0) is 29.0 Å². The highest BCUT2D eigenvalue weighted by Gasteiger charge is 2.49. The van der Waals surface area contributed by atoms with Crippen molar-refractivity contribution >= 4 is 34.8 Å². The first-order valence-corrected chi connectivity index (χ1v) is 17.8. The SMILES string of the molecule is C=CCc1cc(C2C3=C(CC(C)(C)CC3=O)N(CCc3ccccc3)C3=C2C(=O)CC(C)(C)C3)cc(OC)c1OCc1ccc(Cl)cc1Cl. The summed E-state index contributed by atoms with van der Waals surface area (Å²) >= 11 is 12.6. The summed E-state index contributed by atoms with van der Waals surface area (Å²) in [6.45, 7) is 13.6. The van der Waals surface area contributed by atoms with Crippen molar-refractivity contribution in [2.75, 3.05) is 13.7 Å². The van der Waals surface area contributed by atoms with E-state index in [1.54, 1.807) is 19.2 Å². The number of ether oxygens (including phenoxy) is 2. The van der Waals surface area contributed by atoms with Crippen LogP contribution in [0.5, 0.6) is 11.5 Å². The molecule has 0 amide bonds. The predicted molar refractivity (Wildman–Crippen MR) is 197 cm³/mol. The molecule has 256 valence electrons. The first kappa shape index (κ1) is 35.0. The summed E-state index contributed by atoms with van der Waals surface area (Å²) in [5, 5.41) is 1.07. The summed E-state index contributed by atoms with van der Waals surface area (Å²) < 4.78 is 12.4. The minimum atomic E-state index is -0.498. The molecule has 3 aromatic rings. The Balaban J connectivity index is 1.50. The number of hydrogen-bond donors (Lipinski definition) is 0. The van der Waals surface area contributed by atoms with Crippen molar-refractivity contribution in [3.63, 3.8) is 0 Å². The summed E-state index contributed by atoms with van der Waals surface area (Å²) in [4.78, 5) is 31.1. The number of Topliss-reactive ketones (excluding diaryl/α,β-unsaturated/α-hetero) is 2. The van der Waals surface area contributed by atoms with E-state index >= 15 is 0 Å². The topological polar surface area (TPSA) is 55.8 Å². The van der Waals surface area contributed by atoms with Crippen molar-refractivity contribution in [3.8, 4) is 11.5 Å². The number of halogens is 2. The monoisotopic (exact) mass is 697 g/mol. The third-order valence-electron chi connectivity index (χ3n) is 9.95. The van der Waals surface area contributed by atoms with Crippen molar-refractivity contribution in [2.24, 2.45) is 10.8 Å². The maximum atomic E-state index is 14.4. The average Bonchev–Trinajstić information content (AvgIpc) is 3.02. The second-order valence-corrected chi connectivity index (χ2v) is 16.0. The van der Waals surface area contributed by atoms with Gasteiger partial charge in [-0.15, -0.1) is 6.58 Å². The van der Waals surface area contributed by atoms with Gasteiger partial charge in [0.1, 0.15) is 6.61 Å². The van der Waals surface area contributed by atoms with Crippen LogP contribution in [0.25, 0.3) is 0 Å². The van der Waals surface area contributed by atoms with Gasteiger partial charge in [0.25, 0.3) is 0 Å². The third-order valence-corrected chi connectivity index (χ3v) is 10.5. The van der Waals surface area contributed by atoms with Crippen molar-refractivity contribution in [1.29, 1.82) is 0 Å². The molecule has 0 spiro atoms. The number of methoxy groups -OCH3 is 1. The van der Waals surface area contributed by atoms with Gasteiger partial charge in [-0.1, -0.05) is 99.4 Å². The average molecular weight is 699 g/mol. The zero-order chi connectivity index (χ0) is 35.1. The van der Waals surface area contributed by atoms with E-state index in [0.29, 0.717) is 47.4 Å². The minimum absolute atomic E-state index is 0.104. The molecule has 7 heteroatoms. The van der Waals surface area contributed by atoms with Crippen LogP contribution in [0.2, 0.25) is 10.0 Å². The number of benzene rings is 3. The standard InChI is InChI=1S/C42H45Cl2NO4/c1-7-11-27-18-29(19-36(48-6)40(27)49-25-28-14-15-30(43)20-31(28)44)37-38-32(21-41(2,3)23-34(38)46)45(17-16-26-12-9-8-10-13-26)33-22-42(4,5)24-35(47)39(33)37/h7-10,12-15,18-20,37H,1,11,16-17,21-25H2,2-6H3. The van der Waals surface area contributed by atoms with Crippen LogP contribution in [0.4, 0.5) is 0 Å². The lowest BCUT2D eigenvalue weighted by Crippen LogP contribution is -2.45. The maximum absolute atomic E-state index is 14.4. The number of nitrogens with zero attached hydrogens (tertiary/aromatic N) is 1. The Kier molecular flexibility index (Phi) is 9.90. The van der Waals surface area contributed by atoms with Gasteiger partial charge in [-0.25, -0.2) is 0 Å². The first-order chi connectivity index (χ1) is 23.3. The largest absolute Gasteiger partial charge is 0.493 e. The lowest BCUT2D eigenvalue weighted by atomic mass is 9.63. The van der Waals surface area contributed by atoms with Crippen molar-refractivity contribution < 1.29 is 19.1 Å². The van der Waals surface area contributed by atoms with Gasteiger partial charge in [-0.2, -0.15) is 0 Å². The molecule has 0 N–H and O–H groups in total. The van der Waals surface area contributed by atoms with Crippen molar-refractivity contribution in [3.05, 3.63) is 128 Å². The molecule has 2 aliphatic carbocycles. The molecule has 0 fully saturated rings. The second kappa shape index (κ2) is 13.8. The lowest BCUT2D eigenvalue weighted by Gasteiger charge is -2.49. The molecule has 0 unspecified atom stereocenters. The summed E-state index contributed by atoms with van der Waals surface area (Å²) in [7, 11) is 1.61. The molecular weight excluding hydrogens is 653 g/mol. The van der Waals surface area contributed by atoms with E-state index in [0.717, 1.165) is 58.5 Å².